The Kier molecular flexibility index (Phi) is 3.80. The number of hydrogen-bond donors (Lipinski definition) is 4. The Balaban J connectivity index is 2.54. The molecule has 0 aliphatic rings. The Labute approximate surface area is 120 Å². The van der Waals surface area contributed by atoms with Gasteiger partial charge < -0.3 is 21.7 Å². The zero-order valence-corrected chi connectivity index (χ0v) is 11.0. The van der Waals surface area contributed by atoms with E-state index in [9.17, 15) is 19.8 Å². The summed E-state index contributed by atoms with van der Waals surface area (Å²) >= 11 is 0. The van der Waals surface area contributed by atoms with Gasteiger partial charge in [-0.1, -0.05) is 24.3 Å². The molecule has 2 aromatic rings. The smallest absolute Gasteiger partial charge is 0.338 e. The van der Waals surface area contributed by atoms with E-state index < -0.39 is 11.9 Å². The molecule has 0 spiro atoms. The molecule has 0 unspecified atom stereocenters. The number of rotatable bonds is 4. The fourth-order valence-corrected chi connectivity index (χ4v) is 2.26. The average Bonchev–Trinajstić information content (AvgIpc) is 2.37. The van der Waals surface area contributed by atoms with Gasteiger partial charge in [-0.05, 0) is 29.7 Å². The van der Waals surface area contributed by atoms with E-state index in [1.807, 2.05) is 0 Å². The summed E-state index contributed by atoms with van der Waals surface area (Å²) in [5.41, 5.74) is 12.5. The van der Waals surface area contributed by atoms with E-state index in [1.165, 1.54) is 12.1 Å². The molecular formula is C15H14N2O4. The monoisotopic (exact) mass is 286 g/mol. The number of carboxylic acids is 2. The second-order valence-electron chi connectivity index (χ2n) is 4.55. The number of anilines is 2. The molecular weight excluding hydrogens is 272 g/mol. The third kappa shape index (κ3) is 2.79. The highest BCUT2D eigenvalue weighted by Gasteiger charge is 2.18. The van der Waals surface area contributed by atoms with E-state index in [2.05, 4.69) is 0 Å². The van der Waals surface area contributed by atoms with E-state index in [0.717, 1.165) is 0 Å². The summed E-state index contributed by atoms with van der Waals surface area (Å²) in [4.78, 5) is 22.6. The van der Waals surface area contributed by atoms with E-state index >= 15 is 0 Å². The number of nitrogens with two attached hydrogens (primary N) is 2. The maximum absolute atomic E-state index is 11.3. The highest BCUT2D eigenvalue weighted by Crippen LogP contribution is 2.24. The number of carboxylic acid groups (broad SMARTS) is 2. The summed E-state index contributed by atoms with van der Waals surface area (Å²) in [7, 11) is 0. The maximum Gasteiger partial charge on any atom is 0.338 e. The molecule has 0 amide bonds. The molecule has 108 valence electrons. The van der Waals surface area contributed by atoms with E-state index in [1.54, 1.807) is 24.3 Å². The molecule has 0 atom stereocenters. The standard InChI is InChI=1S/C15H14N2O4/c16-10-5-1-3-8(12(10)14(18)19)7-9-4-2-6-11(17)13(9)15(20)21/h1-6H,7,16-17H2,(H,18,19)(H,20,21). The Morgan fingerprint density at radius 3 is 1.52 bits per heavy atom. The van der Waals surface area contributed by atoms with Gasteiger partial charge in [-0.2, -0.15) is 0 Å². The molecule has 0 heterocycles. The van der Waals surface area contributed by atoms with Crippen LogP contribution < -0.4 is 11.5 Å². The summed E-state index contributed by atoms with van der Waals surface area (Å²) in [6.45, 7) is 0. The van der Waals surface area contributed by atoms with Crippen LogP contribution in [0.1, 0.15) is 31.8 Å². The van der Waals surface area contributed by atoms with Gasteiger partial charge in [-0.25, -0.2) is 9.59 Å². The van der Waals surface area contributed by atoms with Crippen molar-refractivity contribution < 1.29 is 19.8 Å². The molecule has 6 nitrogen and oxygen atoms in total. The van der Waals surface area contributed by atoms with Crippen molar-refractivity contribution in [2.75, 3.05) is 11.5 Å². The molecule has 0 bridgehead atoms. The van der Waals surface area contributed by atoms with Gasteiger partial charge in [0.25, 0.3) is 0 Å². The first-order chi connectivity index (χ1) is 9.91. The lowest BCUT2D eigenvalue weighted by atomic mass is 9.94. The van der Waals surface area contributed by atoms with E-state index in [4.69, 9.17) is 11.5 Å². The Bertz CT molecular complexity index is 664. The summed E-state index contributed by atoms with van der Waals surface area (Å²) in [6.07, 6.45) is 0.124. The highest BCUT2D eigenvalue weighted by atomic mass is 16.4. The van der Waals surface area contributed by atoms with Crippen LogP contribution in [0.2, 0.25) is 0 Å². The molecule has 0 aliphatic heterocycles. The zero-order chi connectivity index (χ0) is 15.6. The molecule has 21 heavy (non-hydrogen) atoms. The van der Waals surface area contributed by atoms with Crippen LogP contribution in [-0.2, 0) is 6.42 Å². The summed E-state index contributed by atoms with van der Waals surface area (Å²) in [5, 5.41) is 18.5. The summed E-state index contributed by atoms with van der Waals surface area (Å²) in [6, 6.07) is 9.45. The summed E-state index contributed by atoms with van der Waals surface area (Å²) < 4.78 is 0. The van der Waals surface area contributed by atoms with Crippen molar-refractivity contribution in [2.45, 2.75) is 6.42 Å². The van der Waals surface area contributed by atoms with Crippen LogP contribution in [0, 0.1) is 0 Å². The molecule has 0 aromatic heterocycles. The van der Waals surface area contributed by atoms with Gasteiger partial charge in [-0.3, -0.25) is 0 Å². The third-order valence-electron chi connectivity index (χ3n) is 3.17. The third-order valence-corrected chi connectivity index (χ3v) is 3.17. The Hall–Kier alpha value is -3.02. The lowest BCUT2D eigenvalue weighted by Gasteiger charge is -2.12. The Morgan fingerprint density at radius 2 is 1.19 bits per heavy atom. The van der Waals surface area contributed by atoms with Crippen molar-refractivity contribution >= 4 is 23.3 Å². The van der Waals surface area contributed by atoms with E-state index in [0.29, 0.717) is 11.1 Å². The van der Waals surface area contributed by atoms with Crippen molar-refractivity contribution in [3.8, 4) is 0 Å². The fraction of sp³-hybridized carbons (Fsp3) is 0.0667. The van der Waals surface area contributed by atoms with Gasteiger partial charge in [0.05, 0.1) is 11.1 Å². The van der Waals surface area contributed by atoms with Gasteiger partial charge in [0, 0.05) is 11.4 Å². The van der Waals surface area contributed by atoms with Crippen molar-refractivity contribution in [1.29, 1.82) is 0 Å². The minimum absolute atomic E-state index is 0.0173. The number of aromatic carboxylic acids is 2. The molecule has 6 heteroatoms. The van der Waals surface area contributed by atoms with Gasteiger partial charge in [-0.15, -0.1) is 0 Å². The quantitative estimate of drug-likeness (QED) is 0.635. The summed E-state index contributed by atoms with van der Waals surface area (Å²) in [5.74, 6) is -2.30. The van der Waals surface area contributed by atoms with Gasteiger partial charge >= 0.3 is 11.9 Å². The largest absolute Gasteiger partial charge is 0.478 e. The van der Waals surface area contributed by atoms with Crippen molar-refractivity contribution in [3.05, 3.63) is 58.7 Å². The average molecular weight is 286 g/mol. The minimum atomic E-state index is -1.15. The molecule has 0 radical (unpaired) electrons. The van der Waals surface area contributed by atoms with Crippen LogP contribution in [0.25, 0.3) is 0 Å². The zero-order valence-electron chi connectivity index (χ0n) is 11.0. The van der Waals surface area contributed by atoms with Gasteiger partial charge in [0.15, 0.2) is 0 Å². The van der Waals surface area contributed by atoms with Gasteiger partial charge in [0.2, 0.25) is 0 Å². The Morgan fingerprint density at radius 1 is 0.810 bits per heavy atom. The van der Waals surface area contributed by atoms with Crippen molar-refractivity contribution in [2.24, 2.45) is 0 Å². The molecule has 2 rings (SSSR count). The predicted molar refractivity (Wildman–Crippen MR) is 78.4 cm³/mol. The lowest BCUT2D eigenvalue weighted by molar-refractivity contribution is 0.0687. The highest BCUT2D eigenvalue weighted by molar-refractivity contribution is 5.97. The first-order valence-corrected chi connectivity index (χ1v) is 6.13. The normalized spacial score (nSPS) is 10.3. The molecule has 0 saturated heterocycles. The predicted octanol–water partition coefficient (Wildman–Crippen LogP) is 1.84. The molecule has 0 saturated carbocycles. The number of benzene rings is 2. The maximum atomic E-state index is 11.3. The number of hydrogen-bond acceptors (Lipinski definition) is 4. The topological polar surface area (TPSA) is 127 Å². The van der Waals surface area contributed by atoms with Gasteiger partial charge in [0.1, 0.15) is 0 Å². The second kappa shape index (κ2) is 5.54. The fourth-order valence-electron chi connectivity index (χ4n) is 2.26. The van der Waals surface area contributed by atoms with Crippen molar-refractivity contribution in [3.63, 3.8) is 0 Å². The first kappa shape index (κ1) is 14.4. The van der Waals surface area contributed by atoms with E-state index in [-0.39, 0.29) is 28.9 Å². The SMILES string of the molecule is Nc1cccc(Cc2cccc(N)c2C(=O)O)c1C(=O)O. The van der Waals surface area contributed by atoms with Crippen LogP contribution in [0.3, 0.4) is 0 Å². The molecule has 6 N–H and O–H groups in total. The van der Waals surface area contributed by atoms with Crippen LogP contribution in [0.4, 0.5) is 11.4 Å². The molecule has 0 fully saturated rings. The molecule has 0 aliphatic carbocycles. The van der Waals surface area contributed by atoms with Crippen LogP contribution in [0.15, 0.2) is 36.4 Å². The molecule has 2 aromatic carbocycles. The first-order valence-electron chi connectivity index (χ1n) is 6.13. The van der Waals surface area contributed by atoms with Crippen molar-refractivity contribution in [1.82, 2.24) is 0 Å². The van der Waals surface area contributed by atoms with Crippen LogP contribution in [0.5, 0.6) is 0 Å². The lowest BCUT2D eigenvalue weighted by Crippen LogP contribution is -2.11. The number of carbonyl (C=O) groups is 2. The minimum Gasteiger partial charge on any atom is -0.478 e. The number of nitrogen functional groups attached to an aromatic ring is 2. The second-order valence-corrected chi connectivity index (χ2v) is 4.55. The van der Waals surface area contributed by atoms with Crippen LogP contribution >= 0.6 is 0 Å². The van der Waals surface area contributed by atoms with Crippen LogP contribution in [-0.4, -0.2) is 22.2 Å².